The van der Waals surface area contributed by atoms with E-state index in [0.717, 1.165) is 42.3 Å². The van der Waals surface area contributed by atoms with Crippen molar-refractivity contribution in [3.63, 3.8) is 0 Å². The van der Waals surface area contributed by atoms with Gasteiger partial charge in [-0.3, -0.25) is 0 Å². The Balaban J connectivity index is 1.95. The highest BCUT2D eigenvalue weighted by molar-refractivity contribution is 7.16. The standard InChI is InChI=1S/C10H12N4S/c1-6-15-9-8(1)7-12-10(13-9)14-4-2-11-3-5-14/h1,6-7,11H,2-5H2. The zero-order valence-electron chi connectivity index (χ0n) is 8.31. The molecule has 0 atom stereocenters. The van der Waals surface area contributed by atoms with Gasteiger partial charge in [-0.1, -0.05) is 0 Å². The Morgan fingerprint density at radius 1 is 1.33 bits per heavy atom. The van der Waals surface area contributed by atoms with Crippen molar-refractivity contribution in [1.82, 2.24) is 15.3 Å². The summed E-state index contributed by atoms with van der Waals surface area (Å²) in [5.41, 5.74) is 0. The first-order valence-electron chi connectivity index (χ1n) is 5.09. The van der Waals surface area contributed by atoms with Crippen LogP contribution in [-0.4, -0.2) is 36.1 Å². The van der Waals surface area contributed by atoms with Gasteiger partial charge in [0.15, 0.2) is 0 Å². The van der Waals surface area contributed by atoms with E-state index in [2.05, 4.69) is 31.6 Å². The van der Waals surface area contributed by atoms with Crippen LogP contribution in [0.3, 0.4) is 0 Å². The number of thiophene rings is 1. The van der Waals surface area contributed by atoms with E-state index in [9.17, 15) is 0 Å². The predicted octanol–water partition coefficient (Wildman–Crippen LogP) is 1.10. The quantitative estimate of drug-likeness (QED) is 0.781. The molecule has 15 heavy (non-hydrogen) atoms. The molecular formula is C10H12N4S. The molecule has 1 aliphatic rings. The summed E-state index contributed by atoms with van der Waals surface area (Å²) in [5.74, 6) is 0.867. The maximum atomic E-state index is 4.56. The second-order valence-electron chi connectivity index (χ2n) is 3.59. The van der Waals surface area contributed by atoms with Crippen LogP contribution >= 0.6 is 11.3 Å². The lowest BCUT2D eigenvalue weighted by atomic mass is 10.4. The number of rotatable bonds is 1. The van der Waals surface area contributed by atoms with E-state index in [1.807, 2.05) is 6.20 Å². The molecule has 0 aliphatic carbocycles. The summed E-state index contributed by atoms with van der Waals surface area (Å²) < 4.78 is 0. The minimum absolute atomic E-state index is 0.867. The molecule has 1 saturated heterocycles. The molecule has 0 bridgehead atoms. The maximum Gasteiger partial charge on any atom is 0.226 e. The lowest BCUT2D eigenvalue weighted by molar-refractivity contribution is 0.580. The van der Waals surface area contributed by atoms with Crippen molar-refractivity contribution in [3.05, 3.63) is 17.6 Å². The Morgan fingerprint density at radius 2 is 2.20 bits per heavy atom. The molecule has 0 unspecified atom stereocenters. The predicted molar refractivity (Wildman–Crippen MR) is 62.5 cm³/mol. The van der Waals surface area contributed by atoms with Crippen LogP contribution in [0, 0.1) is 0 Å². The number of fused-ring (bicyclic) bond motifs is 1. The van der Waals surface area contributed by atoms with E-state index in [-0.39, 0.29) is 0 Å². The molecule has 78 valence electrons. The number of nitrogens with zero attached hydrogens (tertiary/aromatic N) is 3. The van der Waals surface area contributed by atoms with Gasteiger partial charge in [-0.25, -0.2) is 9.97 Å². The van der Waals surface area contributed by atoms with Gasteiger partial charge in [0.1, 0.15) is 4.83 Å². The number of nitrogens with one attached hydrogen (secondary N) is 1. The van der Waals surface area contributed by atoms with Crippen molar-refractivity contribution in [2.24, 2.45) is 0 Å². The van der Waals surface area contributed by atoms with Crippen LogP contribution in [0.1, 0.15) is 0 Å². The van der Waals surface area contributed by atoms with Crippen molar-refractivity contribution in [3.8, 4) is 0 Å². The Labute approximate surface area is 92.0 Å². The van der Waals surface area contributed by atoms with Crippen LogP contribution in [0.25, 0.3) is 10.2 Å². The summed E-state index contributed by atoms with van der Waals surface area (Å²) in [6, 6.07) is 2.06. The van der Waals surface area contributed by atoms with Gasteiger partial charge >= 0.3 is 0 Å². The minimum atomic E-state index is 0.867. The topological polar surface area (TPSA) is 41.1 Å². The fourth-order valence-electron chi connectivity index (χ4n) is 1.76. The Morgan fingerprint density at radius 3 is 3.07 bits per heavy atom. The molecule has 2 aromatic rings. The highest BCUT2D eigenvalue weighted by Crippen LogP contribution is 2.20. The molecule has 0 amide bonds. The molecule has 1 fully saturated rings. The van der Waals surface area contributed by atoms with Gasteiger partial charge in [0.25, 0.3) is 0 Å². The Kier molecular flexibility index (Phi) is 2.26. The maximum absolute atomic E-state index is 4.56. The molecule has 3 heterocycles. The molecule has 1 aliphatic heterocycles. The van der Waals surface area contributed by atoms with E-state index in [4.69, 9.17) is 0 Å². The lowest BCUT2D eigenvalue weighted by Gasteiger charge is -2.27. The second-order valence-corrected chi connectivity index (χ2v) is 4.48. The van der Waals surface area contributed by atoms with Crippen molar-refractivity contribution in [1.29, 1.82) is 0 Å². The summed E-state index contributed by atoms with van der Waals surface area (Å²) in [5, 5.41) is 6.52. The van der Waals surface area contributed by atoms with Gasteiger partial charge in [-0.05, 0) is 11.4 Å². The number of anilines is 1. The van der Waals surface area contributed by atoms with Crippen molar-refractivity contribution in [2.75, 3.05) is 31.1 Å². The average Bonchev–Trinajstić information content (AvgIpc) is 2.77. The van der Waals surface area contributed by atoms with Crippen LogP contribution in [0.15, 0.2) is 17.6 Å². The van der Waals surface area contributed by atoms with Crippen molar-refractivity contribution in [2.45, 2.75) is 0 Å². The fraction of sp³-hybridized carbons (Fsp3) is 0.400. The average molecular weight is 220 g/mol. The molecule has 2 aromatic heterocycles. The van der Waals surface area contributed by atoms with Crippen LogP contribution in [0.4, 0.5) is 5.95 Å². The second kappa shape index (κ2) is 3.75. The molecule has 1 N–H and O–H groups in total. The molecule has 4 nitrogen and oxygen atoms in total. The third-order valence-corrected chi connectivity index (χ3v) is 3.42. The van der Waals surface area contributed by atoms with Gasteiger partial charge in [0, 0.05) is 37.8 Å². The van der Waals surface area contributed by atoms with Crippen molar-refractivity contribution < 1.29 is 0 Å². The van der Waals surface area contributed by atoms with Crippen molar-refractivity contribution >= 4 is 27.5 Å². The summed E-state index contributed by atoms with van der Waals surface area (Å²) in [7, 11) is 0. The SMILES string of the molecule is c1cc2cnc(N3CCNCC3)nc2s1. The van der Waals surface area contributed by atoms with Gasteiger partial charge < -0.3 is 10.2 Å². The monoisotopic (exact) mass is 220 g/mol. The molecule has 0 spiro atoms. The normalized spacial score (nSPS) is 17.2. The van der Waals surface area contributed by atoms with Gasteiger partial charge in [-0.15, -0.1) is 11.3 Å². The highest BCUT2D eigenvalue weighted by atomic mass is 32.1. The third kappa shape index (κ3) is 1.68. The molecule has 3 rings (SSSR count). The van der Waals surface area contributed by atoms with E-state index in [1.54, 1.807) is 11.3 Å². The zero-order valence-corrected chi connectivity index (χ0v) is 9.13. The first-order chi connectivity index (χ1) is 7.43. The highest BCUT2D eigenvalue weighted by Gasteiger charge is 2.13. The largest absolute Gasteiger partial charge is 0.338 e. The zero-order chi connectivity index (χ0) is 10.1. The van der Waals surface area contributed by atoms with Crippen LogP contribution in [0.2, 0.25) is 0 Å². The van der Waals surface area contributed by atoms with Gasteiger partial charge in [-0.2, -0.15) is 0 Å². The Bertz CT molecular complexity index is 461. The molecule has 0 saturated carbocycles. The lowest BCUT2D eigenvalue weighted by Crippen LogP contribution is -2.44. The first kappa shape index (κ1) is 9.06. The Hall–Kier alpha value is -1.20. The summed E-state index contributed by atoms with van der Waals surface area (Å²) in [6.45, 7) is 4.03. The first-order valence-corrected chi connectivity index (χ1v) is 5.97. The fourth-order valence-corrected chi connectivity index (χ4v) is 2.50. The molecule has 0 aromatic carbocycles. The smallest absolute Gasteiger partial charge is 0.226 e. The number of hydrogen-bond acceptors (Lipinski definition) is 5. The molecular weight excluding hydrogens is 208 g/mol. The van der Waals surface area contributed by atoms with Crippen LogP contribution in [-0.2, 0) is 0 Å². The number of aromatic nitrogens is 2. The number of hydrogen-bond donors (Lipinski definition) is 1. The van der Waals surface area contributed by atoms with Gasteiger partial charge in [0.2, 0.25) is 5.95 Å². The molecule has 5 heteroatoms. The van der Waals surface area contributed by atoms with E-state index in [0.29, 0.717) is 0 Å². The minimum Gasteiger partial charge on any atom is -0.338 e. The van der Waals surface area contributed by atoms with E-state index < -0.39 is 0 Å². The molecule has 0 radical (unpaired) electrons. The van der Waals surface area contributed by atoms with Crippen LogP contribution in [0.5, 0.6) is 0 Å². The third-order valence-electron chi connectivity index (χ3n) is 2.59. The van der Waals surface area contributed by atoms with E-state index >= 15 is 0 Å². The van der Waals surface area contributed by atoms with Crippen LogP contribution < -0.4 is 10.2 Å². The summed E-state index contributed by atoms with van der Waals surface area (Å²) >= 11 is 1.67. The number of piperazine rings is 1. The summed E-state index contributed by atoms with van der Waals surface area (Å²) in [6.07, 6.45) is 1.91. The van der Waals surface area contributed by atoms with Gasteiger partial charge in [0.05, 0.1) is 0 Å². The summed E-state index contributed by atoms with van der Waals surface area (Å²) in [4.78, 5) is 12.3. The van der Waals surface area contributed by atoms with E-state index in [1.165, 1.54) is 0 Å².